The molecule has 6 nitrogen and oxygen atoms in total. The predicted molar refractivity (Wildman–Crippen MR) is 108 cm³/mol. The summed E-state index contributed by atoms with van der Waals surface area (Å²) in [4.78, 5) is 22.9. The van der Waals surface area contributed by atoms with E-state index in [0.717, 1.165) is 48.9 Å². The minimum atomic E-state index is -0.102. The van der Waals surface area contributed by atoms with Crippen molar-refractivity contribution in [2.24, 2.45) is 0 Å². The van der Waals surface area contributed by atoms with Crippen LogP contribution < -0.4 is 10.1 Å². The van der Waals surface area contributed by atoms with Crippen LogP contribution in [0, 0.1) is 0 Å². The molecule has 0 unspecified atom stereocenters. The highest BCUT2D eigenvalue weighted by atomic mass is 35.5. The van der Waals surface area contributed by atoms with Crippen LogP contribution in [0.4, 0.5) is 0 Å². The third kappa shape index (κ3) is 4.13. The van der Waals surface area contributed by atoms with E-state index in [1.807, 2.05) is 13.1 Å². The summed E-state index contributed by atoms with van der Waals surface area (Å²) < 4.78 is 6.03. The number of rotatable bonds is 4. The van der Waals surface area contributed by atoms with Crippen molar-refractivity contribution in [2.45, 2.75) is 44.2 Å². The van der Waals surface area contributed by atoms with E-state index in [-0.39, 0.29) is 18.1 Å². The Kier molecular flexibility index (Phi) is 5.78. The molecule has 0 saturated carbocycles. The lowest BCUT2D eigenvalue weighted by Crippen LogP contribution is -2.47. The summed E-state index contributed by atoms with van der Waals surface area (Å²) in [6, 6.07) is 3.90. The lowest BCUT2D eigenvalue weighted by Gasteiger charge is -2.25. The molecular weight excluding hydrogens is 376 g/mol. The van der Waals surface area contributed by atoms with E-state index in [4.69, 9.17) is 16.3 Å². The number of halogens is 1. The van der Waals surface area contributed by atoms with E-state index >= 15 is 0 Å². The predicted octanol–water partition coefficient (Wildman–Crippen LogP) is 3.09. The number of nitrogens with one attached hydrogen (secondary N) is 1. The molecule has 0 spiro atoms. The third-order valence-corrected chi connectivity index (χ3v) is 5.85. The van der Waals surface area contributed by atoms with Crippen molar-refractivity contribution in [2.75, 3.05) is 20.1 Å². The molecule has 1 aromatic heterocycles. The van der Waals surface area contributed by atoms with Crippen LogP contribution in [0.1, 0.15) is 31.2 Å². The van der Waals surface area contributed by atoms with Gasteiger partial charge in [-0.15, -0.1) is 0 Å². The van der Waals surface area contributed by atoms with Crippen LogP contribution in [-0.2, 0) is 11.2 Å². The molecule has 2 aromatic rings. The van der Waals surface area contributed by atoms with Gasteiger partial charge in [0, 0.05) is 29.9 Å². The number of benzene rings is 1. The highest BCUT2D eigenvalue weighted by Gasteiger charge is 2.29. The molecule has 2 aliphatic heterocycles. The summed E-state index contributed by atoms with van der Waals surface area (Å²) in [5.41, 5.74) is 2.94. The van der Waals surface area contributed by atoms with Gasteiger partial charge in [0.2, 0.25) is 5.91 Å². The Balaban J connectivity index is 1.40. The summed E-state index contributed by atoms with van der Waals surface area (Å²) in [5.74, 6) is 0.810. The molecule has 148 valence electrons. The van der Waals surface area contributed by atoms with Gasteiger partial charge in [0.05, 0.1) is 17.6 Å². The first-order chi connectivity index (χ1) is 13.6. The first-order valence-electron chi connectivity index (χ1n) is 9.84. The van der Waals surface area contributed by atoms with Crippen LogP contribution in [0.25, 0.3) is 11.1 Å². The van der Waals surface area contributed by atoms with Crippen molar-refractivity contribution in [3.63, 3.8) is 0 Å². The van der Waals surface area contributed by atoms with Gasteiger partial charge in [-0.25, -0.2) is 9.97 Å². The second-order valence-electron chi connectivity index (χ2n) is 7.61. The van der Waals surface area contributed by atoms with E-state index < -0.39 is 0 Å². The molecule has 0 bridgehead atoms. The van der Waals surface area contributed by atoms with Gasteiger partial charge in [-0.2, -0.15) is 0 Å². The first-order valence-corrected chi connectivity index (χ1v) is 10.2. The fourth-order valence-corrected chi connectivity index (χ4v) is 4.32. The Bertz CT molecular complexity index is 846. The average Bonchev–Trinajstić information content (AvgIpc) is 3.01. The van der Waals surface area contributed by atoms with Crippen LogP contribution in [0.3, 0.4) is 0 Å². The molecule has 1 amide bonds. The number of hydrogen-bond donors (Lipinski definition) is 1. The van der Waals surface area contributed by atoms with E-state index in [2.05, 4.69) is 26.3 Å². The molecule has 1 saturated heterocycles. The van der Waals surface area contributed by atoms with Crippen molar-refractivity contribution in [1.82, 2.24) is 20.2 Å². The van der Waals surface area contributed by atoms with Gasteiger partial charge < -0.3 is 10.1 Å². The number of hydrogen-bond acceptors (Lipinski definition) is 5. The Morgan fingerprint density at radius 1 is 1.25 bits per heavy atom. The van der Waals surface area contributed by atoms with E-state index in [1.54, 1.807) is 12.4 Å². The zero-order valence-electron chi connectivity index (χ0n) is 16.0. The summed E-state index contributed by atoms with van der Waals surface area (Å²) >= 11 is 6.45. The Morgan fingerprint density at radius 3 is 2.89 bits per heavy atom. The minimum absolute atomic E-state index is 0.0421. The Hall–Kier alpha value is -2.18. The van der Waals surface area contributed by atoms with Crippen molar-refractivity contribution >= 4 is 17.5 Å². The topological polar surface area (TPSA) is 67.4 Å². The monoisotopic (exact) mass is 400 g/mol. The number of likely N-dealkylation sites (N-methyl/N-ethyl adjacent to an activating group) is 1. The molecule has 0 aliphatic carbocycles. The number of ether oxygens (including phenoxy) is 1. The summed E-state index contributed by atoms with van der Waals surface area (Å²) in [6.45, 7) is 1.46. The molecule has 1 N–H and O–H groups in total. The second-order valence-corrected chi connectivity index (χ2v) is 8.02. The first kappa shape index (κ1) is 19.2. The van der Waals surface area contributed by atoms with E-state index in [0.29, 0.717) is 17.3 Å². The fraction of sp³-hybridized carbons (Fsp3) is 0.476. The van der Waals surface area contributed by atoms with Crippen molar-refractivity contribution in [1.29, 1.82) is 0 Å². The molecule has 0 radical (unpaired) electrons. The normalized spacial score (nSPS) is 22.2. The highest BCUT2D eigenvalue weighted by molar-refractivity contribution is 6.32. The molecule has 1 aromatic carbocycles. The van der Waals surface area contributed by atoms with Gasteiger partial charge in [0.15, 0.2) is 0 Å². The van der Waals surface area contributed by atoms with Gasteiger partial charge >= 0.3 is 0 Å². The van der Waals surface area contributed by atoms with Gasteiger partial charge in [0.25, 0.3) is 0 Å². The second kappa shape index (κ2) is 8.45. The van der Waals surface area contributed by atoms with Crippen LogP contribution in [0.2, 0.25) is 5.02 Å². The molecule has 2 atom stereocenters. The zero-order chi connectivity index (χ0) is 19.5. The largest absolute Gasteiger partial charge is 0.486 e. The zero-order valence-corrected chi connectivity index (χ0v) is 16.8. The van der Waals surface area contributed by atoms with Crippen LogP contribution in [-0.4, -0.2) is 53.1 Å². The SMILES string of the molecule is CN1CCCCC[C@@H]1C(=O)NC[C@@H]1Cc2cc(-c3cncnc3)cc(Cl)c2O1. The lowest BCUT2D eigenvalue weighted by atomic mass is 10.0. The summed E-state index contributed by atoms with van der Waals surface area (Å²) in [5, 5.41) is 3.66. The molecule has 1 fully saturated rings. The van der Waals surface area contributed by atoms with Gasteiger partial charge in [-0.1, -0.05) is 24.4 Å². The highest BCUT2D eigenvalue weighted by Crippen LogP contribution is 2.39. The third-order valence-electron chi connectivity index (χ3n) is 5.57. The number of carbonyl (C=O) groups is 1. The minimum Gasteiger partial charge on any atom is -0.486 e. The molecule has 28 heavy (non-hydrogen) atoms. The standard InChI is InChI=1S/C21H25ClN4O2/c1-26-6-4-2-3-5-19(26)21(27)25-12-17-8-15-7-14(9-18(22)20(15)28-17)16-10-23-13-24-11-16/h7,9-11,13,17,19H,2-6,8,12H2,1H3,(H,25,27)/t17-,19+/m0/s1. The number of likely N-dealkylation sites (tertiary alicyclic amines) is 1. The molecular formula is C21H25ClN4O2. The maximum absolute atomic E-state index is 12.6. The number of amides is 1. The van der Waals surface area contributed by atoms with Crippen LogP contribution in [0.15, 0.2) is 30.9 Å². The molecule has 3 heterocycles. The molecule has 7 heteroatoms. The number of carbonyl (C=O) groups excluding carboxylic acids is 1. The van der Waals surface area contributed by atoms with Crippen LogP contribution >= 0.6 is 11.6 Å². The van der Waals surface area contributed by atoms with Crippen molar-refractivity contribution in [3.8, 4) is 16.9 Å². The summed E-state index contributed by atoms with van der Waals surface area (Å²) in [6.07, 6.45) is 10.0. The number of fused-ring (bicyclic) bond motifs is 1. The lowest BCUT2D eigenvalue weighted by molar-refractivity contribution is -0.126. The van der Waals surface area contributed by atoms with Crippen molar-refractivity contribution in [3.05, 3.63) is 41.4 Å². The average molecular weight is 401 g/mol. The van der Waals surface area contributed by atoms with E-state index in [1.165, 1.54) is 12.7 Å². The fourth-order valence-electron chi connectivity index (χ4n) is 4.03. The number of aromatic nitrogens is 2. The van der Waals surface area contributed by atoms with E-state index in [9.17, 15) is 4.79 Å². The van der Waals surface area contributed by atoms with Gasteiger partial charge in [-0.3, -0.25) is 9.69 Å². The summed E-state index contributed by atoms with van der Waals surface area (Å²) in [7, 11) is 2.03. The van der Waals surface area contributed by atoms with Gasteiger partial charge in [-0.05, 0) is 44.1 Å². The molecule has 2 aliphatic rings. The number of nitrogens with zero attached hydrogens (tertiary/aromatic N) is 3. The maximum Gasteiger partial charge on any atom is 0.237 e. The molecule has 4 rings (SSSR count). The Labute approximate surface area is 170 Å². The van der Waals surface area contributed by atoms with Crippen molar-refractivity contribution < 1.29 is 9.53 Å². The Morgan fingerprint density at radius 2 is 2.07 bits per heavy atom. The van der Waals surface area contributed by atoms with Crippen LogP contribution in [0.5, 0.6) is 5.75 Å². The maximum atomic E-state index is 12.6. The smallest absolute Gasteiger partial charge is 0.237 e. The van der Waals surface area contributed by atoms with Gasteiger partial charge in [0.1, 0.15) is 18.2 Å². The quantitative estimate of drug-likeness (QED) is 0.854.